The molecule has 2 rings (SSSR count). The van der Waals surface area contributed by atoms with Gasteiger partial charge >= 0.3 is 0 Å². The van der Waals surface area contributed by atoms with E-state index in [1.807, 2.05) is 20.0 Å². The monoisotopic (exact) mass is 260 g/mol. The number of rotatable bonds is 5. The second-order valence-corrected chi connectivity index (χ2v) is 3.98. The van der Waals surface area contributed by atoms with Crippen molar-refractivity contribution in [3.63, 3.8) is 0 Å². The van der Waals surface area contributed by atoms with Crippen LogP contribution in [0.4, 0.5) is 5.82 Å². The third-order valence-electron chi connectivity index (χ3n) is 2.55. The Hall–Kier alpha value is -2.44. The molecule has 2 aromatic rings. The van der Waals surface area contributed by atoms with Crippen LogP contribution in [0.15, 0.2) is 24.5 Å². The molecule has 0 bridgehead atoms. The summed E-state index contributed by atoms with van der Waals surface area (Å²) in [6.45, 7) is 3.06. The fraction of sp³-hybridized carbons (Fsp3) is 0.333. The SMILES string of the molecule is CCNc1cccc(C(=O)NCc2nncn2C)n1. The lowest BCUT2D eigenvalue weighted by Crippen LogP contribution is -2.25. The summed E-state index contributed by atoms with van der Waals surface area (Å²) in [4.78, 5) is 16.2. The summed E-state index contributed by atoms with van der Waals surface area (Å²) in [5.41, 5.74) is 0.376. The van der Waals surface area contributed by atoms with E-state index in [9.17, 15) is 4.79 Å². The molecule has 2 heterocycles. The minimum atomic E-state index is -0.234. The average molecular weight is 260 g/mol. The highest BCUT2D eigenvalue weighted by Crippen LogP contribution is 2.04. The van der Waals surface area contributed by atoms with Crippen LogP contribution in [0.3, 0.4) is 0 Å². The molecular weight excluding hydrogens is 244 g/mol. The molecule has 0 spiro atoms. The highest BCUT2D eigenvalue weighted by molar-refractivity contribution is 5.92. The molecule has 0 aromatic carbocycles. The topological polar surface area (TPSA) is 84.7 Å². The van der Waals surface area contributed by atoms with E-state index in [0.29, 0.717) is 23.9 Å². The molecule has 7 nitrogen and oxygen atoms in total. The molecule has 0 radical (unpaired) electrons. The molecule has 0 aliphatic rings. The highest BCUT2D eigenvalue weighted by atomic mass is 16.1. The normalized spacial score (nSPS) is 10.2. The summed E-state index contributed by atoms with van der Waals surface area (Å²) in [6, 6.07) is 5.29. The molecule has 0 saturated heterocycles. The molecule has 19 heavy (non-hydrogen) atoms. The number of aryl methyl sites for hydroxylation is 1. The van der Waals surface area contributed by atoms with Crippen LogP contribution >= 0.6 is 0 Å². The van der Waals surface area contributed by atoms with Crippen LogP contribution in [-0.4, -0.2) is 32.2 Å². The van der Waals surface area contributed by atoms with Gasteiger partial charge in [0.25, 0.3) is 5.91 Å². The van der Waals surface area contributed by atoms with Gasteiger partial charge in [-0.2, -0.15) is 0 Å². The predicted octanol–water partition coefficient (Wildman–Crippen LogP) is 0.572. The van der Waals surface area contributed by atoms with Gasteiger partial charge in [-0.05, 0) is 19.1 Å². The van der Waals surface area contributed by atoms with E-state index in [1.165, 1.54) is 0 Å². The summed E-state index contributed by atoms with van der Waals surface area (Å²) in [5, 5.41) is 13.5. The number of amides is 1. The standard InChI is InChI=1S/C12H16N6O/c1-3-13-10-6-4-5-9(16-10)12(19)14-7-11-17-15-8-18(11)2/h4-6,8H,3,7H2,1-2H3,(H,13,16)(H,14,19). The summed E-state index contributed by atoms with van der Waals surface area (Å²) >= 11 is 0. The molecule has 100 valence electrons. The molecule has 2 N–H and O–H groups in total. The number of hydrogen-bond acceptors (Lipinski definition) is 5. The number of hydrogen-bond donors (Lipinski definition) is 2. The van der Waals surface area contributed by atoms with Gasteiger partial charge in [-0.25, -0.2) is 4.98 Å². The molecule has 0 atom stereocenters. The van der Waals surface area contributed by atoms with Crippen LogP contribution in [0, 0.1) is 0 Å². The Morgan fingerprint density at radius 3 is 2.95 bits per heavy atom. The van der Waals surface area contributed by atoms with E-state index >= 15 is 0 Å². The van der Waals surface area contributed by atoms with Crippen LogP contribution in [0.1, 0.15) is 23.2 Å². The minimum absolute atomic E-state index is 0.234. The summed E-state index contributed by atoms with van der Waals surface area (Å²) < 4.78 is 1.75. The second kappa shape index (κ2) is 5.94. The molecule has 2 aromatic heterocycles. The molecule has 1 amide bonds. The zero-order valence-corrected chi connectivity index (χ0v) is 10.9. The van der Waals surface area contributed by atoms with Crippen LogP contribution in [-0.2, 0) is 13.6 Å². The van der Waals surface area contributed by atoms with E-state index in [1.54, 1.807) is 23.0 Å². The number of aromatic nitrogens is 4. The summed E-state index contributed by atoms with van der Waals surface area (Å²) in [6.07, 6.45) is 1.59. The maximum atomic E-state index is 11.9. The predicted molar refractivity (Wildman–Crippen MR) is 70.6 cm³/mol. The second-order valence-electron chi connectivity index (χ2n) is 3.98. The molecule has 0 aliphatic carbocycles. The van der Waals surface area contributed by atoms with Crippen LogP contribution in [0.2, 0.25) is 0 Å². The van der Waals surface area contributed by atoms with Gasteiger partial charge in [0, 0.05) is 13.6 Å². The fourth-order valence-electron chi connectivity index (χ4n) is 1.56. The minimum Gasteiger partial charge on any atom is -0.370 e. The Kier molecular flexibility index (Phi) is 4.07. The Morgan fingerprint density at radius 2 is 2.26 bits per heavy atom. The van der Waals surface area contributed by atoms with Crippen LogP contribution in [0.5, 0.6) is 0 Å². The smallest absolute Gasteiger partial charge is 0.270 e. The number of carbonyl (C=O) groups excluding carboxylic acids is 1. The van der Waals surface area contributed by atoms with Crippen molar-refractivity contribution in [1.29, 1.82) is 0 Å². The highest BCUT2D eigenvalue weighted by Gasteiger charge is 2.09. The van der Waals surface area contributed by atoms with Gasteiger partial charge in [-0.1, -0.05) is 6.07 Å². The Morgan fingerprint density at radius 1 is 1.42 bits per heavy atom. The Balaban J connectivity index is 2.00. The molecular formula is C12H16N6O. The van der Waals surface area contributed by atoms with E-state index in [0.717, 1.165) is 6.54 Å². The van der Waals surface area contributed by atoms with Gasteiger partial charge in [0.15, 0.2) is 5.82 Å². The molecule has 0 fully saturated rings. The van der Waals surface area contributed by atoms with Crippen LogP contribution in [0.25, 0.3) is 0 Å². The fourth-order valence-corrected chi connectivity index (χ4v) is 1.56. The Bertz CT molecular complexity index is 565. The van der Waals surface area contributed by atoms with E-state index in [2.05, 4.69) is 25.8 Å². The quantitative estimate of drug-likeness (QED) is 0.821. The van der Waals surface area contributed by atoms with Crippen molar-refractivity contribution in [2.75, 3.05) is 11.9 Å². The lowest BCUT2D eigenvalue weighted by Gasteiger charge is -2.06. The number of nitrogens with one attached hydrogen (secondary N) is 2. The van der Waals surface area contributed by atoms with Gasteiger partial charge < -0.3 is 15.2 Å². The van der Waals surface area contributed by atoms with Crippen molar-refractivity contribution >= 4 is 11.7 Å². The van der Waals surface area contributed by atoms with Gasteiger partial charge in [-0.3, -0.25) is 4.79 Å². The lowest BCUT2D eigenvalue weighted by molar-refractivity contribution is 0.0944. The first kappa shape index (κ1) is 13.0. The first-order valence-electron chi connectivity index (χ1n) is 6.02. The number of anilines is 1. The van der Waals surface area contributed by atoms with Crippen molar-refractivity contribution < 1.29 is 4.79 Å². The first-order chi connectivity index (χ1) is 9.20. The van der Waals surface area contributed by atoms with Crippen molar-refractivity contribution in [3.05, 3.63) is 36.0 Å². The lowest BCUT2D eigenvalue weighted by atomic mass is 10.3. The van der Waals surface area contributed by atoms with Gasteiger partial charge in [0.05, 0.1) is 6.54 Å². The molecule has 0 saturated carbocycles. The average Bonchev–Trinajstić information content (AvgIpc) is 2.82. The van der Waals surface area contributed by atoms with Crippen molar-refractivity contribution in [2.45, 2.75) is 13.5 Å². The third kappa shape index (κ3) is 3.27. The van der Waals surface area contributed by atoms with E-state index in [-0.39, 0.29) is 5.91 Å². The maximum Gasteiger partial charge on any atom is 0.270 e. The number of carbonyl (C=O) groups is 1. The summed E-state index contributed by atoms with van der Waals surface area (Å²) in [5.74, 6) is 1.15. The molecule has 7 heteroatoms. The Labute approximate surface area is 111 Å². The largest absolute Gasteiger partial charge is 0.370 e. The number of nitrogens with zero attached hydrogens (tertiary/aromatic N) is 4. The summed E-state index contributed by atoms with van der Waals surface area (Å²) in [7, 11) is 1.82. The van der Waals surface area contributed by atoms with Crippen molar-refractivity contribution in [2.24, 2.45) is 7.05 Å². The zero-order chi connectivity index (χ0) is 13.7. The van der Waals surface area contributed by atoms with Crippen molar-refractivity contribution in [1.82, 2.24) is 25.1 Å². The zero-order valence-electron chi connectivity index (χ0n) is 10.9. The molecule has 0 aliphatic heterocycles. The van der Waals surface area contributed by atoms with E-state index in [4.69, 9.17) is 0 Å². The van der Waals surface area contributed by atoms with Crippen molar-refractivity contribution in [3.8, 4) is 0 Å². The van der Waals surface area contributed by atoms with Gasteiger partial charge in [0.1, 0.15) is 17.8 Å². The number of pyridine rings is 1. The maximum absolute atomic E-state index is 11.9. The van der Waals surface area contributed by atoms with Crippen LogP contribution < -0.4 is 10.6 Å². The van der Waals surface area contributed by atoms with Gasteiger partial charge in [-0.15, -0.1) is 10.2 Å². The molecule has 0 unspecified atom stereocenters. The first-order valence-corrected chi connectivity index (χ1v) is 6.02. The third-order valence-corrected chi connectivity index (χ3v) is 2.55. The van der Waals surface area contributed by atoms with Gasteiger partial charge in [0.2, 0.25) is 0 Å². The van der Waals surface area contributed by atoms with E-state index < -0.39 is 0 Å².